The molecule has 0 atom stereocenters. The van der Waals surface area contributed by atoms with Crippen molar-refractivity contribution in [3.8, 4) is 0 Å². The second-order valence-corrected chi connectivity index (χ2v) is 7.41. The Bertz CT molecular complexity index is 1110. The molecule has 0 bridgehead atoms. The SMILES string of the molecule is Cc1nc2ccc(/C=C3/SC(=Nc4cc(Cl)ccc4Cl)NC3=O)cc2o1. The van der Waals surface area contributed by atoms with E-state index < -0.39 is 0 Å². The predicted molar refractivity (Wildman–Crippen MR) is 106 cm³/mol. The van der Waals surface area contributed by atoms with Crippen molar-refractivity contribution in [3.63, 3.8) is 0 Å². The molecule has 1 aliphatic rings. The molecule has 2 heterocycles. The number of nitrogens with one attached hydrogen (secondary N) is 1. The van der Waals surface area contributed by atoms with Crippen molar-refractivity contribution in [2.75, 3.05) is 0 Å². The summed E-state index contributed by atoms with van der Waals surface area (Å²) in [4.78, 5) is 21.4. The Hall–Kier alpha value is -2.28. The van der Waals surface area contributed by atoms with E-state index in [-0.39, 0.29) is 5.91 Å². The topological polar surface area (TPSA) is 67.5 Å². The Morgan fingerprint density at radius 1 is 1.23 bits per heavy atom. The minimum Gasteiger partial charge on any atom is -0.441 e. The average Bonchev–Trinajstić information content (AvgIpc) is 3.12. The maximum Gasteiger partial charge on any atom is 0.264 e. The molecular weight excluding hydrogens is 393 g/mol. The fourth-order valence-electron chi connectivity index (χ4n) is 2.46. The van der Waals surface area contributed by atoms with Gasteiger partial charge >= 0.3 is 0 Å². The monoisotopic (exact) mass is 403 g/mol. The Morgan fingerprint density at radius 2 is 2.08 bits per heavy atom. The largest absolute Gasteiger partial charge is 0.441 e. The van der Waals surface area contributed by atoms with E-state index >= 15 is 0 Å². The number of aromatic nitrogens is 1. The highest BCUT2D eigenvalue weighted by Gasteiger charge is 2.24. The molecule has 26 heavy (non-hydrogen) atoms. The second-order valence-electron chi connectivity index (χ2n) is 5.54. The summed E-state index contributed by atoms with van der Waals surface area (Å²) < 4.78 is 5.53. The van der Waals surface area contributed by atoms with E-state index in [1.54, 1.807) is 31.2 Å². The van der Waals surface area contributed by atoms with Gasteiger partial charge in [0.2, 0.25) is 0 Å². The average molecular weight is 404 g/mol. The van der Waals surface area contributed by atoms with Crippen LogP contribution in [0.15, 0.2) is 50.7 Å². The summed E-state index contributed by atoms with van der Waals surface area (Å²) in [5, 5.41) is 4.16. The quantitative estimate of drug-likeness (QED) is 0.586. The molecule has 1 amide bonds. The summed E-state index contributed by atoms with van der Waals surface area (Å²) >= 11 is 13.3. The highest BCUT2D eigenvalue weighted by Crippen LogP contribution is 2.32. The standard InChI is InChI=1S/C18H11Cl2N3O2S/c1-9-21-13-5-2-10(6-15(13)25-9)7-16-17(24)23-18(26-16)22-14-8-11(19)3-4-12(14)20/h2-8H,1H3,(H,22,23,24)/b16-7+. The smallest absolute Gasteiger partial charge is 0.264 e. The van der Waals surface area contributed by atoms with Crippen molar-refractivity contribution in [1.82, 2.24) is 10.3 Å². The summed E-state index contributed by atoms with van der Waals surface area (Å²) in [5.74, 6) is 0.381. The number of aryl methyl sites for hydroxylation is 1. The first kappa shape index (κ1) is 17.1. The fourth-order valence-corrected chi connectivity index (χ4v) is 3.62. The summed E-state index contributed by atoms with van der Waals surface area (Å²) in [6.07, 6.45) is 1.78. The summed E-state index contributed by atoms with van der Waals surface area (Å²) in [6.45, 7) is 1.79. The number of benzene rings is 2. The van der Waals surface area contributed by atoms with E-state index in [0.717, 1.165) is 11.1 Å². The van der Waals surface area contributed by atoms with E-state index in [2.05, 4.69) is 15.3 Å². The zero-order valence-electron chi connectivity index (χ0n) is 13.4. The highest BCUT2D eigenvalue weighted by atomic mass is 35.5. The van der Waals surface area contributed by atoms with Crippen LogP contribution < -0.4 is 5.32 Å². The molecule has 0 spiro atoms. The van der Waals surface area contributed by atoms with Crippen molar-refractivity contribution >= 4 is 68.9 Å². The number of carbonyl (C=O) groups excluding carboxylic acids is 1. The Morgan fingerprint density at radius 3 is 2.92 bits per heavy atom. The van der Waals surface area contributed by atoms with Gasteiger partial charge in [-0.1, -0.05) is 29.3 Å². The van der Waals surface area contributed by atoms with Crippen molar-refractivity contribution in [3.05, 3.63) is 62.8 Å². The Balaban J connectivity index is 1.63. The molecule has 1 fully saturated rings. The lowest BCUT2D eigenvalue weighted by molar-refractivity contribution is -0.115. The van der Waals surface area contributed by atoms with Gasteiger partial charge in [0, 0.05) is 11.9 Å². The van der Waals surface area contributed by atoms with Crippen molar-refractivity contribution < 1.29 is 9.21 Å². The molecule has 3 aromatic rings. The molecule has 1 aliphatic heterocycles. The van der Waals surface area contributed by atoms with Gasteiger partial charge in [0.05, 0.1) is 15.6 Å². The van der Waals surface area contributed by atoms with Crippen LogP contribution in [0, 0.1) is 6.92 Å². The molecule has 0 saturated carbocycles. The van der Waals surface area contributed by atoms with Crippen LogP contribution in [0.4, 0.5) is 5.69 Å². The van der Waals surface area contributed by atoms with Crippen LogP contribution in [0.2, 0.25) is 10.0 Å². The van der Waals surface area contributed by atoms with Gasteiger partial charge in [0.25, 0.3) is 5.91 Å². The number of nitrogens with zero attached hydrogens (tertiary/aromatic N) is 2. The normalized spacial score (nSPS) is 17.4. The van der Waals surface area contributed by atoms with Crippen LogP contribution >= 0.6 is 35.0 Å². The van der Waals surface area contributed by atoms with Gasteiger partial charge in [0.15, 0.2) is 16.6 Å². The van der Waals surface area contributed by atoms with Crippen LogP contribution in [0.5, 0.6) is 0 Å². The highest BCUT2D eigenvalue weighted by molar-refractivity contribution is 8.18. The van der Waals surface area contributed by atoms with Crippen LogP contribution in [0.3, 0.4) is 0 Å². The van der Waals surface area contributed by atoms with E-state index in [1.165, 1.54) is 11.8 Å². The third-order valence-electron chi connectivity index (χ3n) is 3.60. The first-order valence-electron chi connectivity index (χ1n) is 7.60. The number of oxazole rings is 1. The molecular formula is C18H11Cl2N3O2S. The predicted octanol–water partition coefficient (Wildman–Crippen LogP) is 5.33. The van der Waals surface area contributed by atoms with Gasteiger partial charge in [-0.3, -0.25) is 4.79 Å². The molecule has 1 N–H and O–H groups in total. The van der Waals surface area contributed by atoms with Crippen LogP contribution in [-0.4, -0.2) is 16.1 Å². The van der Waals surface area contributed by atoms with E-state index in [9.17, 15) is 4.79 Å². The van der Waals surface area contributed by atoms with E-state index in [4.69, 9.17) is 27.6 Å². The first-order valence-corrected chi connectivity index (χ1v) is 9.17. The van der Waals surface area contributed by atoms with Gasteiger partial charge in [0.1, 0.15) is 5.52 Å². The van der Waals surface area contributed by atoms with Gasteiger partial charge in [-0.2, -0.15) is 0 Å². The van der Waals surface area contributed by atoms with E-state index in [0.29, 0.717) is 37.3 Å². The molecule has 2 aromatic carbocycles. The van der Waals surface area contributed by atoms with E-state index in [1.807, 2.05) is 18.2 Å². The number of thioether (sulfide) groups is 1. The summed E-state index contributed by atoms with van der Waals surface area (Å²) in [6, 6.07) is 10.6. The maximum absolute atomic E-state index is 12.2. The minimum atomic E-state index is -0.222. The molecule has 8 heteroatoms. The summed E-state index contributed by atoms with van der Waals surface area (Å²) in [5.41, 5.74) is 2.81. The molecule has 0 radical (unpaired) electrons. The Labute approximate surface area is 163 Å². The van der Waals surface area contributed by atoms with Crippen LogP contribution in [0.25, 0.3) is 17.2 Å². The number of aliphatic imine (C=N–C) groups is 1. The lowest BCUT2D eigenvalue weighted by atomic mass is 10.2. The number of halogens is 2. The molecule has 1 saturated heterocycles. The molecule has 5 nitrogen and oxygen atoms in total. The second kappa shape index (κ2) is 6.79. The number of hydrogen-bond donors (Lipinski definition) is 1. The number of carbonyl (C=O) groups is 1. The lowest BCUT2D eigenvalue weighted by Crippen LogP contribution is -2.19. The molecule has 4 rings (SSSR count). The number of fused-ring (bicyclic) bond motifs is 1. The maximum atomic E-state index is 12.2. The lowest BCUT2D eigenvalue weighted by Gasteiger charge is -2.00. The molecule has 130 valence electrons. The van der Waals surface area contributed by atoms with Crippen molar-refractivity contribution in [2.24, 2.45) is 4.99 Å². The Kier molecular flexibility index (Phi) is 4.48. The summed E-state index contributed by atoms with van der Waals surface area (Å²) in [7, 11) is 0. The molecule has 0 aliphatic carbocycles. The number of amides is 1. The van der Waals surface area contributed by atoms with Gasteiger partial charge < -0.3 is 9.73 Å². The number of rotatable bonds is 2. The zero-order valence-corrected chi connectivity index (χ0v) is 15.7. The third kappa shape index (κ3) is 3.49. The first-order chi connectivity index (χ1) is 12.5. The van der Waals surface area contributed by atoms with Crippen LogP contribution in [0.1, 0.15) is 11.5 Å². The molecule has 1 aromatic heterocycles. The van der Waals surface area contributed by atoms with Gasteiger partial charge in [-0.25, -0.2) is 9.98 Å². The fraction of sp³-hybridized carbons (Fsp3) is 0.0556. The minimum absolute atomic E-state index is 0.222. The number of hydrogen-bond acceptors (Lipinski definition) is 5. The number of amidine groups is 1. The van der Waals surface area contributed by atoms with Crippen molar-refractivity contribution in [1.29, 1.82) is 0 Å². The van der Waals surface area contributed by atoms with Crippen molar-refractivity contribution in [2.45, 2.75) is 6.92 Å². The zero-order chi connectivity index (χ0) is 18.3. The van der Waals surface area contributed by atoms with Gasteiger partial charge in [-0.15, -0.1) is 0 Å². The van der Waals surface area contributed by atoms with Crippen LogP contribution in [-0.2, 0) is 4.79 Å². The third-order valence-corrected chi connectivity index (χ3v) is 5.06. The molecule has 0 unspecified atom stereocenters. The van der Waals surface area contributed by atoms with Gasteiger partial charge in [-0.05, 0) is 53.7 Å².